The van der Waals surface area contributed by atoms with Crippen molar-refractivity contribution >= 4 is 5.82 Å². The van der Waals surface area contributed by atoms with Crippen LogP contribution >= 0.6 is 0 Å². The molecular formula is C12H21N3O. The molecule has 90 valence electrons. The maximum atomic E-state index is 11.7. The van der Waals surface area contributed by atoms with E-state index in [0.29, 0.717) is 11.7 Å². The fraction of sp³-hybridized carbons (Fsp3) is 0.667. The zero-order valence-corrected chi connectivity index (χ0v) is 10.7. The summed E-state index contributed by atoms with van der Waals surface area (Å²) >= 11 is 0. The lowest BCUT2D eigenvalue weighted by molar-refractivity contribution is 0.377. The van der Waals surface area contributed by atoms with Crippen molar-refractivity contribution in [3.05, 3.63) is 22.7 Å². The normalized spacial score (nSPS) is 11.9. The van der Waals surface area contributed by atoms with Gasteiger partial charge in [-0.15, -0.1) is 0 Å². The minimum absolute atomic E-state index is 0.207. The maximum Gasteiger partial charge on any atom is 0.349 e. The molecule has 0 atom stereocenters. The molecule has 16 heavy (non-hydrogen) atoms. The molecule has 0 aliphatic carbocycles. The monoisotopic (exact) mass is 223 g/mol. The average molecular weight is 223 g/mol. The summed E-state index contributed by atoms with van der Waals surface area (Å²) in [5.41, 5.74) is -0.429. The zero-order valence-electron chi connectivity index (χ0n) is 10.7. The summed E-state index contributed by atoms with van der Waals surface area (Å²) in [7, 11) is 0. The molecule has 0 fully saturated rings. The van der Waals surface area contributed by atoms with Gasteiger partial charge in [0, 0.05) is 18.3 Å². The van der Waals surface area contributed by atoms with Crippen LogP contribution < -0.4 is 11.0 Å². The number of hydrogen-bond donors (Lipinski definition) is 1. The summed E-state index contributed by atoms with van der Waals surface area (Å²) in [5, 5.41) is 3.14. The second-order valence-corrected chi connectivity index (χ2v) is 5.41. The lowest BCUT2D eigenvalue weighted by Gasteiger charge is -2.21. The molecule has 1 N–H and O–H groups in total. The van der Waals surface area contributed by atoms with Crippen molar-refractivity contribution in [3.63, 3.8) is 0 Å². The van der Waals surface area contributed by atoms with Crippen LogP contribution in [0.15, 0.2) is 17.1 Å². The minimum Gasteiger partial charge on any atom is -0.370 e. The Balaban J connectivity index is 2.88. The molecule has 0 amide bonds. The Hall–Kier alpha value is -1.32. The zero-order chi connectivity index (χ0) is 12.3. The Morgan fingerprint density at radius 3 is 2.50 bits per heavy atom. The first-order valence-corrected chi connectivity index (χ1v) is 5.65. The van der Waals surface area contributed by atoms with Gasteiger partial charge < -0.3 is 5.32 Å². The number of nitrogens with one attached hydrogen (secondary N) is 1. The van der Waals surface area contributed by atoms with Gasteiger partial charge in [0.25, 0.3) is 0 Å². The second-order valence-electron chi connectivity index (χ2n) is 5.41. The standard InChI is InChI=1S/C12H21N3O/c1-9(2)8-13-10-6-7-15(11(16)14-10)12(3,4)5/h6-7,9H,8H2,1-5H3,(H,13,14,16). The Labute approximate surface area is 96.7 Å². The van der Waals surface area contributed by atoms with E-state index in [9.17, 15) is 4.79 Å². The summed E-state index contributed by atoms with van der Waals surface area (Å²) in [6, 6.07) is 1.84. The van der Waals surface area contributed by atoms with Crippen molar-refractivity contribution in [1.29, 1.82) is 0 Å². The summed E-state index contributed by atoms with van der Waals surface area (Å²) < 4.78 is 1.63. The van der Waals surface area contributed by atoms with Crippen molar-refractivity contribution in [2.75, 3.05) is 11.9 Å². The molecule has 1 aromatic rings. The van der Waals surface area contributed by atoms with Crippen LogP contribution in [-0.2, 0) is 5.54 Å². The van der Waals surface area contributed by atoms with E-state index in [-0.39, 0.29) is 11.2 Å². The van der Waals surface area contributed by atoms with Crippen molar-refractivity contribution in [3.8, 4) is 0 Å². The predicted molar refractivity (Wildman–Crippen MR) is 66.8 cm³/mol. The third-order valence-corrected chi connectivity index (χ3v) is 2.22. The highest BCUT2D eigenvalue weighted by Gasteiger charge is 2.14. The van der Waals surface area contributed by atoms with Crippen LogP contribution in [0.25, 0.3) is 0 Å². The highest BCUT2D eigenvalue weighted by molar-refractivity contribution is 5.31. The number of aromatic nitrogens is 2. The van der Waals surface area contributed by atoms with Crippen LogP contribution in [0.3, 0.4) is 0 Å². The fourth-order valence-corrected chi connectivity index (χ4v) is 1.32. The topological polar surface area (TPSA) is 46.9 Å². The minimum atomic E-state index is -0.222. The predicted octanol–water partition coefficient (Wildman–Crippen LogP) is 2.07. The molecule has 0 spiro atoms. The van der Waals surface area contributed by atoms with Crippen LogP contribution in [0.2, 0.25) is 0 Å². The van der Waals surface area contributed by atoms with Gasteiger partial charge in [0.2, 0.25) is 0 Å². The van der Waals surface area contributed by atoms with Crippen LogP contribution in [0.5, 0.6) is 0 Å². The molecule has 4 nitrogen and oxygen atoms in total. The smallest absolute Gasteiger partial charge is 0.349 e. The van der Waals surface area contributed by atoms with Gasteiger partial charge in [-0.1, -0.05) is 13.8 Å². The molecule has 1 heterocycles. The van der Waals surface area contributed by atoms with Gasteiger partial charge in [-0.25, -0.2) is 4.79 Å². The molecular weight excluding hydrogens is 202 g/mol. The van der Waals surface area contributed by atoms with E-state index >= 15 is 0 Å². The first kappa shape index (κ1) is 12.7. The van der Waals surface area contributed by atoms with E-state index < -0.39 is 0 Å². The van der Waals surface area contributed by atoms with E-state index in [1.54, 1.807) is 10.8 Å². The van der Waals surface area contributed by atoms with Crippen molar-refractivity contribution in [2.45, 2.75) is 40.2 Å². The highest BCUT2D eigenvalue weighted by atomic mass is 16.1. The number of rotatable bonds is 3. The Morgan fingerprint density at radius 1 is 1.44 bits per heavy atom. The maximum absolute atomic E-state index is 11.7. The molecule has 0 saturated heterocycles. The van der Waals surface area contributed by atoms with Crippen LogP contribution in [-0.4, -0.2) is 16.1 Å². The van der Waals surface area contributed by atoms with E-state index in [1.165, 1.54) is 0 Å². The summed E-state index contributed by atoms with van der Waals surface area (Å²) in [6.07, 6.45) is 1.79. The van der Waals surface area contributed by atoms with Gasteiger partial charge in [0.15, 0.2) is 0 Å². The van der Waals surface area contributed by atoms with E-state index in [2.05, 4.69) is 24.1 Å². The molecule has 1 aromatic heterocycles. The molecule has 1 rings (SSSR count). The summed E-state index contributed by atoms with van der Waals surface area (Å²) in [4.78, 5) is 15.8. The lowest BCUT2D eigenvalue weighted by atomic mass is 10.1. The third-order valence-electron chi connectivity index (χ3n) is 2.22. The van der Waals surface area contributed by atoms with Crippen LogP contribution in [0, 0.1) is 5.92 Å². The van der Waals surface area contributed by atoms with Gasteiger partial charge in [-0.2, -0.15) is 4.98 Å². The quantitative estimate of drug-likeness (QED) is 0.853. The number of nitrogens with zero attached hydrogens (tertiary/aromatic N) is 2. The van der Waals surface area contributed by atoms with Crippen molar-refractivity contribution in [1.82, 2.24) is 9.55 Å². The fourth-order valence-electron chi connectivity index (χ4n) is 1.32. The first-order valence-electron chi connectivity index (χ1n) is 5.65. The molecule has 0 bridgehead atoms. The largest absolute Gasteiger partial charge is 0.370 e. The van der Waals surface area contributed by atoms with Gasteiger partial charge in [-0.05, 0) is 32.8 Å². The van der Waals surface area contributed by atoms with Crippen LogP contribution in [0.1, 0.15) is 34.6 Å². The molecule has 0 unspecified atom stereocenters. The number of hydrogen-bond acceptors (Lipinski definition) is 3. The van der Waals surface area contributed by atoms with Gasteiger partial charge >= 0.3 is 5.69 Å². The molecule has 0 saturated carbocycles. The summed E-state index contributed by atoms with van der Waals surface area (Å²) in [5.74, 6) is 1.19. The molecule has 0 aliphatic rings. The lowest BCUT2D eigenvalue weighted by Crippen LogP contribution is -2.35. The van der Waals surface area contributed by atoms with Gasteiger partial charge in [0.1, 0.15) is 5.82 Å². The summed E-state index contributed by atoms with van der Waals surface area (Å²) in [6.45, 7) is 11.0. The van der Waals surface area contributed by atoms with E-state index in [1.807, 2.05) is 26.8 Å². The number of anilines is 1. The first-order chi connectivity index (χ1) is 7.30. The Kier molecular flexibility index (Phi) is 3.73. The van der Waals surface area contributed by atoms with Gasteiger partial charge in [-0.3, -0.25) is 4.57 Å². The van der Waals surface area contributed by atoms with Crippen molar-refractivity contribution < 1.29 is 0 Å². The molecule has 0 aliphatic heterocycles. The average Bonchev–Trinajstić information content (AvgIpc) is 2.12. The Morgan fingerprint density at radius 2 is 2.06 bits per heavy atom. The SMILES string of the molecule is CC(C)CNc1ccn(C(C)(C)C)c(=O)n1. The third kappa shape index (κ3) is 3.36. The second kappa shape index (κ2) is 4.68. The van der Waals surface area contributed by atoms with E-state index in [4.69, 9.17) is 0 Å². The van der Waals surface area contributed by atoms with Gasteiger partial charge in [0.05, 0.1) is 0 Å². The highest BCUT2D eigenvalue weighted by Crippen LogP contribution is 2.10. The van der Waals surface area contributed by atoms with E-state index in [0.717, 1.165) is 6.54 Å². The Bertz CT molecular complexity index is 401. The molecule has 0 aromatic carbocycles. The molecule has 4 heteroatoms. The molecule has 0 radical (unpaired) electrons. The van der Waals surface area contributed by atoms with Crippen molar-refractivity contribution in [2.24, 2.45) is 5.92 Å². The van der Waals surface area contributed by atoms with Crippen LogP contribution in [0.4, 0.5) is 5.82 Å².